The molecule has 0 heterocycles. The van der Waals surface area contributed by atoms with E-state index in [4.69, 9.17) is 0 Å². The van der Waals surface area contributed by atoms with Crippen LogP contribution in [0.2, 0.25) is 0 Å². The van der Waals surface area contributed by atoms with Crippen molar-refractivity contribution in [3.8, 4) is 0 Å². The molecule has 3 heteroatoms. The van der Waals surface area contributed by atoms with Crippen LogP contribution in [0.1, 0.15) is 29.2 Å². The largest absolute Gasteiger partial charge is 0.313 e. The van der Waals surface area contributed by atoms with Gasteiger partial charge in [0.1, 0.15) is 0 Å². The lowest BCUT2D eigenvalue weighted by molar-refractivity contribution is 0.340. The van der Waals surface area contributed by atoms with E-state index in [0.29, 0.717) is 5.92 Å². The zero-order valence-electron chi connectivity index (χ0n) is 12.1. The second-order valence-electron chi connectivity index (χ2n) is 5.71. The zero-order chi connectivity index (χ0) is 14.8. The molecule has 0 fully saturated rings. The Labute approximate surface area is 124 Å². The molecule has 1 aliphatic carbocycles. The van der Waals surface area contributed by atoms with E-state index < -0.39 is 11.6 Å². The van der Waals surface area contributed by atoms with Gasteiger partial charge >= 0.3 is 0 Å². The van der Waals surface area contributed by atoms with E-state index in [1.807, 2.05) is 7.05 Å². The van der Waals surface area contributed by atoms with Crippen LogP contribution in [0.4, 0.5) is 8.78 Å². The molecule has 3 rings (SSSR count). The normalized spacial score (nSPS) is 19.1. The van der Waals surface area contributed by atoms with E-state index in [1.54, 1.807) is 6.07 Å². The Morgan fingerprint density at radius 3 is 2.52 bits per heavy atom. The molecule has 110 valence electrons. The fraction of sp³-hybridized carbons (Fsp3) is 0.333. The van der Waals surface area contributed by atoms with E-state index in [-0.39, 0.29) is 6.04 Å². The molecule has 1 N–H and O–H groups in total. The topological polar surface area (TPSA) is 12.0 Å². The van der Waals surface area contributed by atoms with Gasteiger partial charge in [-0.05, 0) is 61.1 Å². The number of fused-ring (bicyclic) bond motifs is 1. The van der Waals surface area contributed by atoms with E-state index in [0.717, 1.165) is 24.8 Å². The molecule has 2 aromatic rings. The molecule has 2 aromatic carbocycles. The summed E-state index contributed by atoms with van der Waals surface area (Å²) in [6.07, 6.45) is 3.07. The second-order valence-corrected chi connectivity index (χ2v) is 5.71. The highest BCUT2D eigenvalue weighted by molar-refractivity contribution is 5.31. The number of rotatable bonds is 3. The Morgan fingerprint density at radius 1 is 1.05 bits per heavy atom. The number of hydrogen-bond donors (Lipinski definition) is 1. The van der Waals surface area contributed by atoms with Gasteiger partial charge in [-0.15, -0.1) is 0 Å². The standard InChI is InChI=1S/C18H19F2N/c1-21-18(15-8-9-16(19)17(20)11-15)14-7-6-12-4-2-3-5-13(12)10-14/h2-5,8-9,11,14,18,21H,6-7,10H2,1H3. The lowest BCUT2D eigenvalue weighted by atomic mass is 9.78. The predicted octanol–water partition coefficient (Wildman–Crippen LogP) is 4.03. The number of halogens is 2. The molecule has 0 aromatic heterocycles. The van der Waals surface area contributed by atoms with Gasteiger partial charge in [0.05, 0.1) is 0 Å². The third-order valence-electron chi connectivity index (χ3n) is 4.47. The first-order valence-corrected chi connectivity index (χ1v) is 7.38. The quantitative estimate of drug-likeness (QED) is 0.898. The highest BCUT2D eigenvalue weighted by Gasteiger charge is 2.26. The van der Waals surface area contributed by atoms with Crippen LogP contribution in [-0.4, -0.2) is 7.05 Å². The minimum Gasteiger partial charge on any atom is -0.313 e. The summed E-state index contributed by atoms with van der Waals surface area (Å²) in [7, 11) is 1.88. The predicted molar refractivity (Wildman–Crippen MR) is 80.1 cm³/mol. The molecule has 21 heavy (non-hydrogen) atoms. The van der Waals surface area contributed by atoms with Gasteiger partial charge < -0.3 is 5.32 Å². The van der Waals surface area contributed by atoms with Gasteiger partial charge in [-0.3, -0.25) is 0 Å². The van der Waals surface area contributed by atoms with Crippen molar-refractivity contribution in [1.29, 1.82) is 0 Å². The van der Waals surface area contributed by atoms with Crippen molar-refractivity contribution in [2.75, 3.05) is 7.05 Å². The molecular weight excluding hydrogens is 268 g/mol. The fourth-order valence-corrected chi connectivity index (χ4v) is 3.39. The zero-order valence-corrected chi connectivity index (χ0v) is 12.1. The summed E-state index contributed by atoms with van der Waals surface area (Å²) in [5.41, 5.74) is 3.60. The Kier molecular flexibility index (Phi) is 4.02. The van der Waals surface area contributed by atoms with Crippen LogP contribution in [0, 0.1) is 17.6 Å². The van der Waals surface area contributed by atoms with Gasteiger partial charge in [0.2, 0.25) is 0 Å². The molecule has 0 bridgehead atoms. The minimum absolute atomic E-state index is 0.0495. The van der Waals surface area contributed by atoms with Gasteiger partial charge in [-0.1, -0.05) is 30.3 Å². The van der Waals surface area contributed by atoms with Crippen LogP contribution in [0.15, 0.2) is 42.5 Å². The van der Waals surface area contributed by atoms with Crippen LogP contribution in [-0.2, 0) is 12.8 Å². The van der Waals surface area contributed by atoms with Crippen LogP contribution < -0.4 is 5.32 Å². The van der Waals surface area contributed by atoms with Crippen LogP contribution in [0.5, 0.6) is 0 Å². The minimum atomic E-state index is -0.789. The Hall–Kier alpha value is -1.74. The van der Waals surface area contributed by atoms with Crippen molar-refractivity contribution in [2.24, 2.45) is 5.92 Å². The van der Waals surface area contributed by atoms with E-state index in [9.17, 15) is 8.78 Å². The number of nitrogens with one attached hydrogen (secondary N) is 1. The molecular formula is C18H19F2N. The Balaban J connectivity index is 1.86. The molecule has 0 saturated heterocycles. The summed E-state index contributed by atoms with van der Waals surface area (Å²) in [4.78, 5) is 0. The summed E-state index contributed by atoms with van der Waals surface area (Å²) < 4.78 is 26.6. The van der Waals surface area contributed by atoms with Crippen molar-refractivity contribution < 1.29 is 8.78 Å². The molecule has 2 atom stereocenters. The van der Waals surface area contributed by atoms with Crippen molar-refractivity contribution in [1.82, 2.24) is 5.32 Å². The van der Waals surface area contributed by atoms with Crippen molar-refractivity contribution in [3.63, 3.8) is 0 Å². The van der Waals surface area contributed by atoms with Crippen molar-refractivity contribution in [2.45, 2.75) is 25.3 Å². The molecule has 0 spiro atoms. The third-order valence-corrected chi connectivity index (χ3v) is 4.47. The number of benzene rings is 2. The van der Waals surface area contributed by atoms with Crippen molar-refractivity contribution >= 4 is 0 Å². The van der Waals surface area contributed by atoms with E-state index in [1.165, 1.54) is 23.3 Å². The number of hydrogen-bond acceptors (Lipinski definition) is 1. The van der Waals surface area contributed by atoms with Crippen molar-refractivity contribution in [3.05, 3.63) is 70.8 Å². The van der Waals surface area contributed by atoms with Gasteiger partial charge in [0.25, 0.3) is 0 Å². The third kappa shape index (κ3) is 2.84. The first kappa shape index (κ1) is 14.2. The lowest BCUT2D eigenvalue weighted by Crippen LogP contribution is -2.29. The maximum absolute atomic E-state index is 13.5. The number of aryl methyl sites for hydroxylation is 1. The van der Waals surface area contributed by atoms with Crippen LogP contribution >= 0.6 is 0 Å². The Morgan fingerprint density at radius 2 is 1.81 bits per heavy atom. The second kappa shape index (κ2) is 5.94. The van der Waals surface area contributed by atoms with Gasteiger partial charge in [0.15, 0.2) is 11.6 Å². The average Bonchev–Trinajstić information content (AvgIpc) is 2.51. The highest BCUT2D eigenvalue weighted by atomic mass is 19.2. The van der Waals surface area contributed by atoms with E-state index >= 15 is 0 Å². The smallest absolute Gasteiger partial charge is 0.159 e. The van der Waals surface area contributed by atoms with Crippen LogP contribution in [0.25, 0.3) is 0 Å². The summed E-state index contributed by atoms with van der Waals surface area (Å²) >= 11 is 0. The monoisotopic (exact) mass is 287 g/mol. The van der Waals surface area contributed by atoms with E-state index in [2.05, 4.69) is 29.6 Å². The average molecular weight is 287 g/mol. The summed E-state index contributed by atoms with van der Waals surface area (Å²) in [5, 5.41) is 3.28. The first-order valence-electron chi connectivity index (χ1n) is 7.38. The summed E-state index contributed by atoms with van der Waals surface area (Å²) in [5.74, 6) is -1.17. The molecule has 0 amide bonds. The molecule has 0 aliphatic heterocycles. The first-order chi connectivity index (χ1) is 10.2. The lowest BCUT2D eigenvalue weighted by Gasteiger charge is -2.32. The SMILES string of the molecule is CNC(c1ccc(F)c(F)c1)C1CCc2ccccc2C1. The maximum Gasteiger partial charge on any atom is 0.159 e. The fourth-order valence-electron chi connectivity index (χ4n) is 3.39. The molecule has 2 unspecified atom stereocenters. The molecule has 1 nitrogen and oxygen atoms in total. The molecule has 0 radical (unpaired) electrons. The van der Waals surface area contributed by atoms with Gasteiger partial charge in [0, 0.05) is 6.04 Å². The summed E-state index contributed by atoms with van der Waals surface area (Å²) in [6, 6.07) is 12.7. The highest BCUT2D eigenvalue weighted by Crippen LogP contribution is 2.34. The molecule has 0 saturated carbocycles. The van der Waals surface area contributed by atoms with Gasteiger partial charge in [-0.25, -0.2) is 8.78 Å². The molecule has 1 aliphatic rings. The Bertz CT molecular complexity index is 639. The van der Waals surface area contributed by atoms with Crippen LogP contribution in [0.3, 0.4) is 0 Å². The summed E-state index contributed by atoms with van der Waals surface area (Å²) in [6.45, 7) is 0. The maximum atomic E-state index is 13.5. The van der Waals surface area contributed by atoms with Gasteiger partial charge in [-0.2, -0.15) is 0 Å².